The standard InChI is InChI=1S/C16H23FO2/c1-2-3-4-5-6-7-8-11-19-15-9-10-16(17)14(12-15)13-18/h9-10,12-13H,2-8,11H2,1H3. The highest BCUT2D eigenvalue weighted by Gasteiger charge is 2.02. The summed E-state index contributed by atoms with van der Waals surface area (Å²) in [7, 11) is 0. The molecule has 0 saturated heterocycles. The van der Waals surface area contributed by atoms with Gasteiger partial charge in [-0.05, 0) is 24.6 Å². The summed E-state index contributed by atoms with van der Waals surface area (Å²) in [5.41, 5.74) is 0.0528. The second kappa shape index (κ2) is 9.54. The largest absolute Gasteiger partial charge is 0.494 e. The highest BCUT2D eigenvalue weighted by atomic mass is 19.1. The quantitative estimate of drug-likeness (QED) is 0.450. The van der Waals surface area contributed by atoms with E-state index >= 15 is 0 Å². The van der Waals surface area contributed by atoms with Gasteiger partial charge in [-0.25, -0.2) is 4.39 Å². The maximum atomic E-state index is 13.1. The number of unbranched alkanes of at least 4 members (excludes halogenated alkanes) is 6. The van der Waals surface area contributed by atoms with Crippen molar-refractivity contribution in [2.24, 2.45) is 0 Å². The second-order valence-corrected chi connectivity index (χ2v) is 4.77. The Morgan fingerprint density at radius 1 is 1.11 bits per heavy atom. The van der Waals surface area contributed by atoms with Gasteiger partial charge in [0.05, 0.1) is 12.2 Å². The fourth-order valence-electron chi connectivity index (χ4n) is 1.95. The molecule has 0 radical (unpaired) electrons. The summed E-state index contributed by atoms with van der Waals surface area (Å²) in [5, 5.41) is 0. The number of ether oxygens (including phenoxy) is 1. The van der Waals surface area contributed by atoms with Crippen molar-refractivity contribution in [3.63, 3.8) is 0 Å². The van der Waals surface area contributed by atoms with Crippen molar-refractivity contribution in [1.29, 1.82) is 0 Å². The van der Waals surface area contributed by atoms with E-state index in [2.05, 4.69) is 6.92 Å². The molecule has 0 atom stereocenters. The van der Waals surface area contributed by atoms with E-state index in [9.17, 15) is 9.18 Å². The zero-order valence-electron chi connectivity index (χ0n) is 11.7. The van der Waals surface area contributed by atoms with Gasteiger partial charge < -0.3 is 4.74 Å². The van der Waals surface area contributed by atoms with Crippen LogP contribution in [0.1, 0.15) is 62.2 Å². The minimum Gasteiger partial charge on any atom is -0.494 e. The minimum absolute atomic E-state index is 0.0528. The Balaban J connectivity index is 2.14. The molecule has 2 nitrogen and oxygen atoms in total. The summed E-state index contributed by atoms with van der Waals surface area (Å²) in [6.45, 7) is 2.84. The van der Waals surface area contributed by atoms with Crippen LogP contribution in [-0.2, 0) is 0 Å². The van der Waals surface area contributed by atoms with Crippen LogP contribution in [0.4, 0.5) is 4.39 Å². The van der Waals surface area contributed by atoms with E-state index in [0.29, 0.717) is 18.6 Å². The van der Waals surface area contributed by atoms with Gasteiger partial charge in [-0.15, -0.1) is 0 Å². The Morgan fingerprint density at radius 2 is 1.79 bits per heavy atom. The monoisotopic (exact) mass is 266 g/mol. The van der Waals surface area contributed by atoms with Crippen molar-refractivity contribution in [1.82, 2.24) is 0 Å². The molecule has 0 fully saturated rings. The first-order valence-corrected chi connectivity index (χ1v) is 7.15. The van der Waals surface area contributed by atoms with Gasteiger partial charge in [-0.1, -0.05) is 45.4 Å². The van der Waals surface area contributed by atoms with Crippen LogP contribution in [0.3, 0.4) is 0 Å². The smallest absolute Gasteiger partial charge is 0.153 e. The number of carbonyl (C=O) groups excluding carboxylic acids is 1. The number of rotatable bonds is 10. The van der Waals surface area contributed by atoms with E-state index in [1.165, 1.54) is 44.2 Å². The maximum absolute atomic E-state index is 13.1. The first-order valence-electron chi connectivity index (χ1n) is 7.15. The third kappa shape index (κ3) is 6.37. The van der Waals surface area contributed by atoms with Crippen LogP contribution in [0.25, 0.3) is 0 Å². The van der Waals surface area contributed by atoms with E-state index in [-0.39, 0.29) is 5.56 Å². The molecule has 19 heavy (non-hydrogen) atoms. The highest BCUT2D eigenvalue weighted by Crippen LogP contribution is 2.16. The number of hydrogen-bond acceptors (Lipinski definition) is 2. The zero-order chi connectivity index (χ0) is 13.9. The summed E-state index contributed by atoms with van der Waals surface area (Å²) < 4.78 is 18.6. The van der Waals surface area contributed by atoms with Gasteiger partial charge in [0.1, 0.15) is 11.6 Å². The third-order valence-electron chi connectivity index (χ3n) is 3.11. The summed E-state index contributed by atoms with van der Waals surface area (Å²) >= 11 is 0. The molecule has 1 aromatic rings. The van der Waals surface area contributed by atoms with Gasteiger partial charge in [0.2, 0.25) is 0 Å². The van der Waals surface area contributed by atoms with Gasteiger partial charge in [-0.2, -0.15) is 0 Å². The van der Waals surface area contributed by atoms with Gasteiger partial charge in [0.15, 0.2) is 6.29 Å². The molecule has 0 aliphatic heterocycles. The van der Waals surface area contributed by atoms with E-state index < -0.39 is 5.82 Å². The highest BCUT2D eigenvalue weighted by molar-refractivity contribution is 5.75. The number of halogens is 1. The lowest BCUT2D eigenvalue weighted by Crippen LogP contribution is -1.98. The van der Waals surface area contributed by atoms with Crippen molar-refractivity contribution < 1.29 is 13.9 Å². The Morgan fingerprint density at radius 3 is 2.47 bits per heavy atom. The Bertz CT molecular complexity index is 377. The van der Waals surface area contributed by atoms with Crippen molar-refractivity contribution >= 4 is 6.29 Å². The molecule has 1 rings (SSSR count). The zero-order valence-corrected chi connectivity index (χ0v) is 11.7. The molecule has 0 aliphatic rings. The third-order valence-corrected chi connectivity index (χ3v) is 3.11. The predicted molar refractivity (Wildman–Crippen MR) is 75.3 cm³/mol. The van der Waals surface area contributed by atoms with E-state index in [1.807, 2.05) is 0 Å². The molecule has 0 unspecified atom stereocenters. The molecule has 0 heterocycles. The van der Waals surface area contributed by atoms with Crippen molar-refractivity contribution in [2.75, 3.05) is 6.61 Å². The van der Waals surface area contributed by atoms with Crippen LogP contribution >= 0.6 is 0 Å². The molecule has 1 aromatic carbocycles. The first kappa shape index (κ1) is 15.7. The summed E-state index contributed by atoms with van der Waals surface area (Å²) in [6.07, 6.45) is 9.11. The summed E-state index contributed by atoms with van der Waals surface area (Å²) in [5.74, 6) is 0.0627. The molecule has 0 aliphatic carbocycles. The maximum Gasteiger partial charge on any atom is 0.153 e. The predicted octanol–water partition coefficient (Wildman–Crippen LogP) is 4.77. The van der Waals surface area contributed by atoms with Gasteiger partial charge >= 0.3 is 0 Å². The molecule has 3 heteroatoms. The van der Waals surface area contributed by atoms with Gasteiger partial charge in [0, 0.05) is 0 Å². The Hall–Kier alpha value is -1.38. The molecule has 0 N–H and O–H groups in total. The van der Waals surface area contributed by atoms with Crippen molar-refractivity contribution in [2.45, 2.75) is 51.9 Å². The second-order valence-electron chi connectivity index (χ2n) is 4.77. The van der Waals surface area contributed by atoms with E-state index in [1.54, 1.807) is 6.07 Å². The Labute approximate surface area is 115 Å². The lowest BCUT2D eigenvalue weighted by atomic mass is 10.1. The molecule has 106 valence electrons. The Kier molecular flexibility index (Phi) is 7.87. The topological polar surface area (TPSA) is 26.3 Å². The van der Waals surface area contributed by atoms with Gasteiger partial charge in [-0.3, -0.25) is 4.79 Å². The normalized spacial score (nSPS) is 10.4. The molecular weight excluding hydrogens is 243 g/mol. The lowest BCUT2D eigenvalue weighted by molar-refractivity contribution is 0.111. The molecule has 0 amide bonds. The fourth-order valence-corrected chi connectivity index (χ4v) is 1.95. The van der Waals surface area contributed by atoms with Crippen molar-refractivity contribution in [3.8, 4) is 5.75 Å². The van der Waals surface area contributed by atoms with Crippen LogP contribution in [-0.4, -0.2) is 12.9 Å². The summed E-state index contributed by atoms with van der Waals surface area (Å²) in [4.78, 5) is 10.6. The van der Waals surface area contributed by atoms with Crippen LogP contribution in [0.2, 0.25) is 0 Å². The average Bonchev–Trinajstić information content (AvgIpc) is 2.43. The first-order chi connectivity index (χ1) is 9.27. The molecule has 0 spiro atoms. The van der Waals surface area contributed by atoms with Crippen LogP contribution < -0.4 is 4.74 Å². The fraction of sp³-hybridized carbons (Fsp3) is 0.562. The molecule has 0 aromatic heterocycles. The SMILES string of the molecule is CCCCCCCCCOc1ccc(F)c(C=O)c1. The number of hydrogen-bond donors (Lipinski definition) is 0. The van der Waals surface area contributed by atoms with Crippen LogP contribution in [0.15, 0.2) is 18.2 Å². The van der Waals surface area contributed by atoms with Crippen LogP contribution in [0.5, 0.6) is 5.75 Å². The van der Waals surface area contributed by atoms with Gasteiger partial charge in [0.25, 0.3) is 0 Å². The van der Waals surface area contributed by atoms with Crippen molar-refractivity contribution in [3.05, 3.63) is 29.6 Å². The van der Waals surface area contributed by atoms with E-state index in [4.69, 9.17) is 4.74 Å². The molecular formula is C16H23FO2. The molecule has 0 bridgehead atoms. The summed E-state index contributed by atoms with van der Waals surface area (Å²) in [6, 6.07) is 4.27. The number of benzene rings is 1. The number of aldehydes is 1. The average molecular weight is 266 g/mol. The molecule has 0 saturated carbocycles. The van der Waals surface area contributed by atoms with E-state index in [0.717, 1.165) is 12.8 Å². The lowest BCUT2D eigenvalue weighted by Gasteiger charge is -2.07. The minimum atomic E-state index is -0.502. The van der Waals surface area contributed by atoms with Crippen LogP contribution in [0, 0.1) is 5.82 Å². The number of carbonyl (C=O) groups is 1.